The molecular formula is C14H22N4O2S. The predicted molar refractivity (Wildman–Crippen MR) is 81.4 cm³/mol. The summed E-state index contributed by atoms with van der Waals surface area (Å²) in [5.41, 5.74) is 0. The second kappa shape index (κ2) is 6.72. The first-order valence-corrected chi connectivity index (χ1v) is 8.31. The van der Waals surface area contributed by atoms with Crippen LogP contribution in [0.5, 0.6) is 0 Å². The van der Waals surface area contributed by atoms with E-state index >= 15 is 0 Å². The Morgan fingerprint density at radius 1 is 1.57 bits per heavy atom. The first-order chi connectivity index (χ1) is 10.2. The van der Waals surface area contributed by atoms with Gasteiger partial charge in [-0.1, -0.05) is 0 Å². The van der Waals surface area contributed by atoms with Gasteiger partial charge in [0.25, 0.3) is 0 Å². The van der Waals surface area contributed by atoms with Crippen molar-refractivity contribution < 1.29 is 9.53 Å². The normalized spacial score (nSPS) is 25.6. The number of carbonyl (C=O) groups is 1. The summed E-state index contributed by atoms with van der Waals surface area (Å²) in [6.45, 7) is 5.95. The van der Waals surface area contributed by atoms with Crippen LogP contribution in [0.1, 0.15) is 22.7 Å². The lowest BCUT2D eigenvalue weighted by atomic mass is 10.2. The fourth-order valence-electron chi connectivity index (χ4n) is 2.93. The molecule has 2 atom stereocenters. The van der Waals surface area contributed by atoms with Gasteiger partial charge in [-0.25, -0.2) is 9.78 Å². The van der Waals surface area contributed by atoms with Crippen molar-refractivity contribution in [3.05, 3.63) is 16.1 Å². The number of amides is 2. The summed E-state index contributed by atoms with van der Waals surface area (Å²) < 4.78 is 5.82. The number of morpholine rings is 1. The Labute approximate surface area is 128 Å². The highest BCUT2D eigenvalue weighted by atomic mass is 32.1. The maximum atomic E-state index is 11.8. The average molecular weight is 310 g/mol. The lowest BCUT2D eigenvalue weighted by Crippen LogP contribution is -2.51. The minimum atomic E-state index is -0.145. The SMILES string of the molecule is Cc1ncc(CNC(=O)NC[C@@H]2CN3CCC[C@@H]3CO2)s1. The minimum Gasteiger partial charge on any atom is -0.373 e. The fraction of sp³-hybridized carbons (Fsp3) is 0.714. The molecule has 0 unspecified atom stereocenters. The maximum absolute atomic E-state index is 11.8. The number of urea groups is 1. The Balaban J connectivity index is 1.36. The van der Waals surface area contributed by atoms with E-state index in [2.05, 4.69) is 20.5 Å². The van der Waals surface area contributed by atoms with Crippen molar-refractivity contribution in [2.75, 3.05) is 26.2 Å². The van der Waals surface area contributed by atoms with E-state index < -0.39 is 0 Å². The van der Waals surface area contributed by atoms with Gasteiger partial charge in [0.2, 0.25) is 0 Å². The number of fused-ring (bicyclic) bond motifs is 1. The van der Waals surface area contributed by atoms with Gasteiger partial charge < -0.3 is 15.4 Å². The van der Waals surface area contributed by atoms with E-state index in [9.17, 15) is 4.79 Å². The van der Waals surface area contributed by atoms with E-state index in [0.29, 0.717) is 19.1 Å². The molecule has 0 aromatic carbocycles. The van der Waals surface area contributed by atoms with Crippen molar-refractivity contribution >= 4 is 17.4 Å². The number of nitrogens with one attached hydrogen (secondary N) is 2. The molecule has 1 aromatic rings. The van der Waals surface area contributed by atoms with E-state index in [4.69, 9.17) is 4.74 Å². The molecule has 21 heavy (non-hydrogen) atoms. The van der Waals surface area contributed by atoms with Crippen molar-refractivity contribution in [2.45, 2.75) is 38.5 Å². The molecule has 0 radical (unpaired) electrons. The summed E-state index contributed by atoms with van der Waals surface area (Å²) in [4.78, 5) is 19.5. The van der Waals surface area contributed by atoms with Crippen LogP contribution in [-0.4, -0.2) is 54.3 Å². The van der Waals surface area contributed by atoms with Crippen LogP contribution in [0.2, 0.25) is 0 Å². The topological polar surface area (TPSA) is 66.5 Å². The van der Waals surface area contributed by atoms with Gasteiger partial charge in [0.05, 0.1) is 24.3 Å². The van der Waals surface area contributed by atoms with Crippen molar-refractivity contribution in [1.82, 2.24) is 20.5 Å². The third-order valence-corrected chi connectivity index (χ3v) is 4.96. The number of ether oxygens (including phenoxy) is 1. The van der Waals surface area contributed by atoms with Crippen molar-refractivity contribution in [1.29, 1.82) is 0 Å². The van der Waals surface area contributed by atoms with Crippen LogP contribution in [-0.2, 0) is 11.3 Å². The third kappa shape index (κ3) is 3.93. The van der Waals surface area contributed by atoms with Crippen LogP contribution in [0, 0.1) is 6.92 Å². The number of thiazole rings is 1. The van der Waals surface area contributed by atoms with Crippen LogP contribution in [0.3, 0.4) is 0 Å². The molecule has 2 amide bonds. The molecule has 2 saturated heterocycles. The smallest absolute Gasteiger partial charge is 0.315 e. The van der Waals surface area contributed by atoms with Gasteiger partial charge >= 0.3 is 6.03 Å². The molecule has 0 aliphatic carbocycles. The quantitative estimate of drug-likeness (QED) is 0.874. The molecule has 3 rings (SSSR count). The van der Waals surface area contributed by atoms with Gasteiger partial charge in [0.1, 0.15) is 0 Å². The zero-order valence-electron chi connectivity index (χ0n) is 12.3. The Hall–Kier alpha value is -1.18. The summed E-state index contributed by atoms with van der Waals surface area (Å²) in [5, 5.41) is 6.76. The van der Waals surface area contributed by atoms with Gasteiger partial charge in [0.15, 0.2) is 0 Å². The van der Waals surface area contributed by atoms with Gasteiger partial charge in [-0.15, -0.1) is 11.3 Å². The lowest BCUT2D eigenvalue weighted by molar-refractivity contribution is -0.0457. The largest absolute Gasteiger partial charge is 0.373 e. The van der Waals surface area contributed by atoms with Gasteiger partial charge in [-0.3, -0.25) is 4.90 Å². The van der Waals surface area contributed by atoms with Crippen LogP contribution < -0.4 is 10.6 Å². The van der Waals surface area contributed by atoms with Crippen LogP contribution in [0.15, 0.2) is 6.20 Å². The molecule has 0 saturated carbocycles. The number of carbonyl (C=O) groups excluding carboxylic acids is 1. The van der Waals surface area contributed by atoms with E-state index in [0.717, 1.165) is 23.0 Å². The average Bonchev–Trinajstić information content (AvgIpc) is 3.10. The number of hydrogen-bond donors (Lipinski definition) is 2. The van der Waals surface area contributed by atoms with E-state index in [-0.39, 0.29) is 12.1 Å². The van der Waals surface area contributed by atoms with E-state index in [1.54, 1.807) is 17.5 Å². The highest BCUT2D eigenvalue weighted by Crippen LogP contribution is 2.22. The Morgan fingerprint density at radius 2 is 2.48 bits per heavy atom. The molecule has 116 valence electrons. The van der Waals surface area contributed by atoms with Crippen molar-refractivity contribution in [3.63, 3.8) is 0 Å². The van der Waals surface area contributed by atoms with Crippen LogP contribution >= 0.6 is 11.3 Å². The number of rotatable bonds is 4. The van der Waals surface area contributed by atoms with Gasteiger partial charge in [0, 0.05) is 30.2 Å². The first kappa shape index (κ1) is 14.7. The lowest BCUT2D eigenvalue weighted by Gasteiger charge is -2.35. The monoisotopic (exact) mass is 310 g/mol. The molecular weight excluding hydrogens is 288 g/mol. The highest BCUT2D eigenvalue weighted by Gasteiger charge is 2.32. The number of nitrogens with zero attached hydrogens (tertiary/aromatic N) is 2. The summed E-state index contributed by atoms with van der Waals surface area (Å²) in [7, 11) is 0. The number of aromatic nitrogens is 1. The third-order valence-electron chi connectivity index (χ3n) is 4.04. The molecule has 2 aliphatic heterocycles. The number of hydrogen-bond acceptors (Lipinski definition) is 5. The predicted octanol–water partition coefficient (Wildman–Crippen LogP) is 1.11. The van der Waals surface area contributed by atoms with Crippen LogP contribution in [0.4, 0.5) is 4.79 Å². The van der Waals surface area contributed by atoms with Crippen molar-refractivity contribution in [2.24, 2.45) is 0 Å². The number of aryl methyl sites for hydroxylation is 1. The van der Waals surface area contributed by atoms with E-state index in [1.165, 1.54) is 19.4 Å². The minimum absolute atomic E-state index is 0.107. The zero-order chi connectivity index (χ0) is 14.7. The van der Waals surface area contributed by atoms with Gasteiger partial charge in [-0.2, -0.15) is 0 Å². The molecule has 3 heterocycles. The highest BCUT2D eigenvalue weighted by molar-refractivity contribution is 7.11. The molecule has 0 spiro atoms. The second-order valence-electron chi connectivity index (χ2n) is 5.66. The first-order valence-electron chi connectivity index (χ1n) is 7.49. The second-order valence-corrected chi connectivity index (χ2v) is 6.97. The molecule has 1 aromatic heterocycles. The fourth-order valence-corrected chi connectivity index (χ4v) is 3.67. The molecule has 6 nitrogen and oxygen atoms in total. The molecule has 7 heteroatoms. The van der Waals surface area contributed by atoms with E-state index in [1.807, 2.05) is 6.92 Å². The summed E-state index contributed by atoms with van der Waals surface area (Å²) in [5.74, 6) is 0. The summed E-state index contributed by atoms with van der Waals surface area (Å²) in [6, 6.07) is 0.456. The maximum Gasteiger partial charge on any atom is 0.315 e. The van der Waals surface area contributed by atoms with Crippen molar-refractivity contribution in [3.8, 4) is 0 Å². The molecule has 2 aliphatic rings. The Morgan fingerprint density at radius 3 is 3.29 bits per heavy atom. The molecule has 2 fully saturated rings. The standard InChI is InChI=1S/C14H22N4O2S/c1-10-15-6-13(21-10)7-17-14(19)16-5-12-8-18-4-2-3-11(18)9-20-12/h6,11-12H,2-5,7-9H2,1H3,(H2,16,17,19)/t11-,12-/m1/s1. The summed E-state index contributed by atoms with van der Waals surface area (Å²) >= 11 is 1.60. The van der Waals surface area contributed by atoms with Gasteiger partial charge in [-0.05, 0) is 26.3 Å². The zero-order valence-corrected chi connectivity index (χ0v) is 13.1. The summed E-state index contributed by atoms with van der Waals surface area (Å²) in [6.07, 6.45) is 4.42. The molecule has 2 N–H and O–H groups in total. The molecule has 0 bridgehead atoms. The Bertz CT molecular complexity index is 493. The van der Waals surface area contributed by atoms with Crippen LogP contribution in [0.25, 0.3) is 0 Å². The Kier molecular flexibility index (Phi) is 4.72.